The standard InChI is InChI=1S/C15H29NO3/c1-3-6-14-7-5-9-16(10-8-14)11-12-18-13-15(17)19-4-2/h14H,3-13H2,1-2H3. The summed E-state index contributed by atoms with van der Waals surface area (Å²) in [6, 6.07) is 0. The van der Waals surface area contributed by atoms with Crippen molar-refractivity contribution in [2.75, 3.05) is 39.5 Å². The van der Waals surface area contributed by atoms with Crippen molar-refractivity contribution >= 4 is 5.97 Å². The summed E-state index contributed by atoms with van der Waals surface area (Å²) in [5.41, 5.74) is 0. The van der Waals surface area contributed by atoms with Crippen LogP contribution in [-0.4, -0.2) is 50.3 Å². The molecule has 0 spiro atoms. The van der Waals surface area contributed by atoms with Gasteiger partial charge in [0.05, 0.1) is 13.2 Å². The first-order valence-corrected chi connectivity index (χ1v) is 7.72. The Kier molecular flexibility index (Phi) is 8.84. The minimum Gasteiger partial charge on any atom is -0.464 e. The normalized spacial score (nSPS) is 21.1. The second-order valence-electron chi connectivity index (χ2n) is 5.28. The molecule has 0 saturated carbocycles. The average molecular weight is 271 g/mol. The second kappa shape index (κ2) is 10.2. The molecule has 0 aliphatic carbocycles. The van der Waals surface area contributed by atoms with Gasteiger partial charge < -0.3 is 14.4 Å². The molecule has 0 aromatic heterocycles. The van der Waals surface area contributed by atoms with Crippen molar-refractivity contribution in [1.82, 2.24) is 4.90 Å². The van der Waals surface area contributed by atoms with Gasteiger partial charge in [-0.25, -0.2) is 4.79 Å². The topological polar surface area (TPSA) is 38.8 Å². The highest BCUT2D eigenvalue weighted by molar-refractivity contribution is 5.70. The van der Waals surface area contributed by atoms with Crippen molar-refractivity contribution in [3.63, 3.8) is 0 Å². The minimum absolute atomic E-state index is 0.0835. The van der Waals surface area contributed by atoms with E-state index in [4.69, 9.17) is 9.47 Å². The van der Waals surface area contributed by atoms with Gasteiger partial charge in [-0.1, -0.05) is 19.8 Å². The Hall–Kier alpha value is -0.610. The van der Waals surface area contributed by atoms with Crippen molar-refractivity contribution in [3.8, 4) is 0 Å². The molecule has 1 rings (SSSR count). The number of nitrogens with zero attached hydrogens (tertiary/aromatic N) is 1. The molecule has 1 atom stereocenters. The van der Waals surface area contributed by atoms with Gasteiger partial charge in [-0.3, -0.25) is 0 Å². The average Bonchev–Trinajstić information content (AvgIpc) is 2.61. The molecule has 4 nitrogen and oxygen atoms in total. The molecule has 19 heavy (non-hydrogen) atoms. The Bertz CT molecular complexity index is 246. The lowest BCUT2D eigenvalue weighted by atomic mass is 9.96. The third-order valence-corrected chi connectivity index (χ3v) is 3.71. The number of carbonyl (C=O) groups is 1. The molecule has 0 amide bonds. The largest absolute Gasteiger partial charge is 0.464 e. The Morgan fingerprint density at radius 1 is 1.26 bits per heavy atom. The van der Waals surface area contributed by atoms with Gasteiger partial charge in [-0.15, -0.1) is 0 Å². The van der Waals surface area contributed by atoms with E-state index in [1.165, 1.54) is 45.2 Å². The predicted molar refractivity (Wildman–Crippen MR) is 76.1 cm³/mol. The maximum atomic E-state index is 11.1. The van der Waals surface area contributed by atoms with Crippen LogP contribution in [0.25, 0.3) is 0 Å². The fraction of sp³-hybridized carbons (Fsp3) is 0.933. The fourth-order valence-electron chi connectivity index (χ4n) is 2.70. The fourth-order valence-corrected chi connectivity index (χ4v) is 2.70. The number of hydrogen-bond acceptors (Lipinski definition) is 4. The number of rotatable bonds is 8. The van der Waals surface area contributed by atoms with E-state index in [-0.39, 0.29) is 12.6 Å². The van der Waals surface area contributed by atoms with Crippen LogP contribution in [0.2, 0.25) is 0 Å². The van der Waals surface area contributed by atoms with Gasteiger partial charge in [-0.05, 0) is 45.2 Å². The van der Waals surface area contributed by atoms with Crippen molar-refractivity contribution in [3.05, 3.63) is 0 Å². The summed E-state index contributed by atoms with van der Waals surface area (Å²) in [4.78, 5) is 13.6. The van der Waals surface area contributed by atoms with Gasteiger partial charge in [0.1, 0.15) is 6.61 Å². The molecule has 4 heteroatoms. The summed E-state index contributed by atoms with van der Waals surface area (Å²) in [5, 5.41) is 0. The maximum Gasteiger partial charge on any atom is 0.332 e. The quantitative estimate of drug-likeness (QED) is 0.502. The Labute approximate surface area is 117 Å². The van der Waals surface area contributed by atoms with E-state index in [0.717, 1.165) is 12.5 Å². The Morgan fingerprint density at radius 3 is 2.84 bits per heavy atom. The van der Waals surface area contributed by atoms with E-state index in [1.54, 1.807) is 0 Å². The van der Waals surface area contributed by atoms with Crippen LogP contribution in [0.3, 0.4) is 0 Å². The molecular weight excluding hydrogens is 242 g/mol. The van der Waals surface area contributed by atoms with Gasteiger partial charge in [0.2, 0.25) is 0 Å². The lowest BCUT2D eigenvalue weighted by Crippen LogP contribution is -2.29. The van der Waals surface area contributed by atoms with Crippen molar-refractivity contribution in [2.45, 2.75) is 46.0 Å². The Morgan fingerprint density at radius 2 is 2.11 bits per heavy atom. The zero-order valence-electron chi connectivity index (χ0n) is 12.5. The van der Waals surface area contributed by atoms with E-state index in [1.807, 2.05) is 6.92 Å². The first kappa shape index (κ1) is 16.4. The van der Waals surface area contributed by atoms with Crippen LogP contribution in [0, 0.1) is 5.92 Å². The summed E-state index contributed by atoms with van der Waals surface area (Å²) in [6.07, 6.45) is 6.64. The van der Waals surface area contributed by atoms with Gasteiger partial charge >= 0.3 is 5.97 Å². The third-order valence-electron chi connectivity index (χ3n) is 3.71. The van der Waals surface area contributed by atoms with Crippen LogP contribution in [0.4, 0.5) is 0 Å². The summed E-state index contributed by atoms with van der Waals surface area (Å²) in [5.74, 6) is 0.650. The molecule has 1 unspecified atom stereocenters. The molecule has 112 valence electrons. The summed E-state index contributed by atoms with van der Waals surface area (Å²) < 4.78 is 10.2. The molecule has 1 fully saturated rings. The molecular formula is C15H29NO3. The van der Waals surface area contributed by atoms with Crippen LogP contribution in [0.1, 0.15) is 46.0 Å². The SMILES string of the molecule is CCCC1CCCN(CCOCC(=O)OCC)CC1. The first-order valence-electron chi connectivity index (χ1n) is 7.72. The summed E-state index contributed by atoms with van der Waals surface area (Å²) in [7, 11) is 0. The van der Waals surface area contributed by atoms with Crippen LogP contribution in [0.5, 0.6) is 0 Å². The van der Waals surface area contributed by atoms with E-state index in [0.29, 0.717) is 13.2 Å². The molecule has 0 radical (unpaired) electrons. The third kappa shape index (κ3) is 7.53. The summed E-state index contributed by atoms with van der Waals surface area (Å²) >= 11 is 0. The highest BCUT2D eigenvalue weighted by atomic mass is 16.6. The summed E-state index contributed by atoms with van der Waals surface area (Å²) in [6.45, 7) is 8.48. The molecule has 0 aromatic carbocycles. The highest BCUT2D eigenvalue weighted by Crippen LogP contribution is 2.21. The van der Waals surface area contributed by atoms with Crippen molar-refractivity contribution < 1.29 is 14.3 Å². The minimum atomic E-state index is -0.263. The highest BCUT2D eigenvalue weighted by Gasteiger charge is 2.16. The number of esters is 1. The predicted octanol–water partition coefficient (Wildman–Crippen LogP) is 2.47. The molecule has 1 aliphatic rings. The van der Waals surface area contributed by atoms with Crippen LogP contribution >= 0.6 is 0 Å². The molecule has 0 aromatic rings. The van der Waals surface area contributed by atoms with E-state index >= 15 is 0 Å². The Balaban J connectivity index is 2.08. The number of carbonyl (C=O) groups excluding carboxylic acids is 1. The molecule has 1 saturated heterocycles. The number of hydrogen-bond donors (Lipinski definition) is 0. The van der Waals surface area contributed by atoms with Crippen molar-refractivity contribution in [2.24, 2.45) is 5.92 Å². The second-order valence-corrected chi connectivity index (χ2v) is 5.28. The number of ether oxygens (including phenoxy) is 2. The first-order chi connectivity index (χ1) is 9.26. The van der Waals surface area contributed by atoms with E-state index in [2.05, 4.69) is 11.8 Å². The lowest BCUT2D eigenvalue weighted by molar-refractivity contribution is -0.148. The molecule has 0 bridgehead atoms. The van der Waals surface area contributed by atoms with Crippen LogP contribution < -0.4 is 0 Å². The van der Waals surface area contributed by atoms with Gasteiger partial charge in [0.25, 0.3) is 0 Å². The zero-order valence-corrected chi connectivity index (χ0v) is 12.5. The van der Waals surface area contributed by atoms with Gasteiger partial charge in [0.15, 0.2) is 0 Å². The smallest absolute Gasteiger partial charge is 0.332 e. The monoisotopic (exact) mass is 271 g/mol. The number of likely N-dealkylation sites (tertiary alicyclic amines) is 1. The van der Waals surface area contributed by atoms with Crippen molar-refractivity contribution in [1.29, 1.82) is 0 Å². The van der Waals surface area contributed by atoms with Gasteiger partial charge in [0, 0.05) is 6.54 Å². The maximum absolute atomic E-state index is 11.1. The zero-order chi connectivity index (χ0) is 13.9. The molecule has 1 heterocycles. The molecule has 0 N–H and O–H groups in total. The van der Waals surface area contributed by atoms with Crippen LogP contribution in [0.15, 0.2) is 0 Å². The van der Waals surface area contributed by atoms with Crippen LogP contribution in [-0.2, 0) is 14.3 Å². The van der Waals surface area contributed by atoms with E-state index in [9.17, 15) is 4.79 Å². The lowest BCUT2D eigenvalue weighted by Gasteiger charge is -2.19. The van der Waals surface area contributed by atoms with E-state index < -0.39 is 0 Å². The van der Waals surface area contributed by atoms with Gasteiger partial charge in [-0.2, -0.15) is 0 Å². The molecule has 1 aliphatic heterocycles.